The van der Waals surface area contributed by atoms with Gasteiger partial charge in [0, 0.05) is 26.2 Å². The Balaban J connectivity index is 1.67. The lowest BCUT2D eigenvalue weighted by atomic mass is 10.3. The number of hydrogen-bond donors (Lipinski definition) is 2. The second-order valence-corrected chi connectivity index (χ2v) is 6.70. The van der Waals surface area contributed by atoms with Crippen LogP contribution in [0.25, 0.3) is 0 Å². The zero-order chi connectivity index (χ0) is 13.1. The molecule has 2 rings (SSSR count). The molecule has 8 heteroatoms. The minimum atomic E-state index is 0.0760. The van der Waals surface area contributed by atoms with E-state index in [1.807, 2.05) is 9.80 Å². The number of thiol groups is 2. The van der Waals surface area contributed by atoms with Gasteiger partial charge in [0.1, 0.15) is 20.8 Å². The van der Waals surface area contributed by atoms with Crippen LogP contribution in [-0.4, -0.2) is 56.8 Å². The van der Waals surface area contributed by atoms with E-state index in [0.717, 1.165) is 39.0 Å². The molecular formula is C10H16N2O2S4. The molecule has 0 radical (unpaired) electrons. The van der Waals surface area contributed by atoms with Crippen LogP contribution < -0.4 is 0 Å². The highest BCUT2D eigenvalue weighted by molar-refractivity contribution is 8.11. The zero-order valence-electron chi connectivity index (χ0n) is 9.82. The summed E-state index contributed by atoms with van der Waals surface area (Å²) in [5.74, 6) is 0. The van der Waals surface area contributed by atoms with E-state index in [0.29, 0.717) is 8.64 Å². The fraction of sp³-hybridized carbons (Fsp3) is 0.800. The third-order valence-corrected chi connectivity index (χ3v) is 4.24. The largest absolute Gasteiger partial charge is 0.355 e. The van der Waals surface area contributed by atoms with Gasteiger partial charge in [-0.15, -0.1) is 25.3 Å². The molecule has 2 saturated heterocycles. The number of hydrogen-bond acceptors (Lipinski definition) is 4. The van der Waals surface area contributed by atoms with Gasteiger partial charge in [-0.25, -0.2) is 9.78 Å². The van der Waals surface area contributed by atoms with Crippen LogP contribution in [0.4, 0.5) is 0 Å². The highest BCUT2D eigenvalue weighted by Crippen LogP contribution is 2.19. The highest BCUT2D eigenvalue weighted by atomic mass is 32.1. The minimum absolute atomic E-state index is 0.0760. The van der Waals surface area contributed by atoms with Crippen LogP contribution in [0.15, 0.2) is 0 Å². The maximum Gasteiger partial charge on any atom is 0.133 e. The zero-order valence-corrected chi connectivity index (χ0v) is 13.2. The summed E-state index contributed by atoms with van der Waals surface area (Å²) in [7, 11) is 0. The van der Waals surface area contributed by atoms with Gasteiger partial charge in [-0.1, -0.05) is 24.4 Å². The highest BCUT2D eigenvalue weighted by Gasteiger charge is 2.28. The minimum Gasteiger partial charge on any atom is -0.355 e. The quantitative estimate of drug-likeness (QED) is 0.353. The lowest BCUT2D eigenvalue weighted by molar-refractivity contribution is -0.344. The first-order valence-electron chi connectivity index (χ1n) is 5.84. The summed E-state index contributed by atoms with van der Waals surface area (Å²) < 4.78 is 1.24. The Labute approximate surface area is 129 Å². The van der Waals surface area contributed by atoms with Crippen LogP contribution in [-0.2, 0) is 9.78 Å². The molecule has 2 aliphatic heterocycles. The number of thiocarbonyl (C=S) groups is 2. The van der Waals surface area contributed by atoms with Gasteiger partial charge in [-0.2, -0.15) is 0 Å². The third-order valence-electron chi connectivity index (χ3n) is 3.16. The van der Waals surface area contributed by atoms with Crippen LogP contribution >= 0.6 is 49.7 Å². The van der Waals surface area contributed by atoms with E-state index >= 15 is 0 Å². The van der Waals surface area contributed by atoms with Crippen molar-refractivity contribution in [3.05, 3.63) is 0 Å². The molecule has 0 unspecified atom stereocenters. The molecule has 0 N–H and O–H groups in total. The Morgan fingerprint density at radius 1 is 0.889 bits per heavy atom. The molecule has 2 heterocycles. The van der Waals surface area contributed by atoms with E-state index in [4.69, 9.17) is 34.2 Å². The molecule has 0 saturated carbocycles. The van der Waals surface area contributed by atoms with Gasteiger partial charge in [0.05, 0.1) is 0 Å². The fourth-order valence-electron chi connectivity index (χ4n) is 2.12. The van der Waals surface area contributed by atoms with Crippen molar-refractivity contribution in [3.63, 3.8) is 0 Å². The molecule has 0 bridgehead atoms. The summed E-state index contributed by atoms with van der Waals surface area (Å²) in [5.41, 5.74) is 0. The van der Waals surface area contributed by atoms with E-state index in [9.17, 15) is 0 Å². The van der Waals surface area contributed by atoms with Crippen molar-refractivity contribution in [1.29, 1.82) is 0 Å². The van der Waals surface area contributed by atoms with Crippen LogP contribution in [0, 0.1) is 0 Å². The summed E-state index contributed by atoms with van der Waals surface area (Å²) in [6.07, 6.45) is 1.99. The smallest absolute Gasteiger partial charge is 0.133 e. The molecule has 18 heavy (non-hydrogen) atoms. The maximum atomic E-state index is 5.47. The summed E-state index contributed by atoms with van der Waals surface area (Å²) in [4.78, 5) is 15.0. The standard InChI is InChI=1S/C10H16N2O2S4/c15-9(16)11-3-1-7(5-11)13-14-8-2-4-12(6-8)10(17)18/h7-8H,1-6H2,(H,15,16)(H,17,18)/t7-,8-/m1/s1. The first kappa shape index (κ1) is 14.8. The average Bonchev–Trinajstić information content (AvgIpc) is 2.95. The van der Waals surface area contributed by atoms with Gasteiger partial charge in [-0.05, 0) is 12.8 Å². The van der Waals surface area contributed by atoms with E-state index in [1.54, 1.807) is 0 Å². The van der Waals surface area contributed by atoms with Crippen molar-refractivity contribution in [2.24, 2.45) is 0 Å². The first-order valence-corrected chi connectivity index (χ1v) is 7.55. The molecule has 0 aliphatic carbocycles. The van der Waals surface area contributed by atoms with Crippen LogP contribution in [0.5, 0.6) is 0 Å². The molecule has 102 valence electrons. The number of rotatable bonds is 3. The summed E-state index contributed by atoms with van der Waals surface area (Å²) >= 11 is 18.3. The van der Waals surface area contributed by atoms with Crippen molar-refractivity contribution >= 4 is 58.3 Å². The second-order valence-electron chi connectivity index (χ2n) is 4.47. The van der Waals surface area contributed by atoms with E-state index in [2.05, 4.69) is 25.3 Å². The predicted molar refractivity (Wildman–Crippen MR) is 85.3 cm³/mol. The van der Waals surface area contributed by atoms with Crippen LogP contribution in [0.3, 0.4) is 0 Å². The SMILES string of the molecule is S=C(S)N1CC[C@@H](OO[C@@H]2CCN(C(=S)S)C2)C1. The van der Waals surface area contributed by atoms with Crippen molar-refractivity contribution in [2.75, 3.05) is 26.2 Å². The van der Waals surface area contributed by atoms with Crippen molar-refractivity contribution in [3.8, 4) is 0 Å². The monoisotopic (exact) mass is 324 g/mol. The normalized spacial score (nSPS) is 27.9. The molecule has 0 aromatic carbocycles. The molecule has 2 aliphatic rings. The number of nitrogens with zero attached hydrogens (tertiary/aromatic N) is 2. The topological polar surface area (TPSA) is 24.9 Å². The Kier molecular flexibility index (Phi) is 5.52. The molecule has 2 atom stereocenters. The van der Waals surface area contributed by atoms with Gasteiger partial charge < -0.3 is 9.80 Å². The molecule has 2 fully saturated rings. The fourth-order valence-corrected chi connectivity index (χ4v) is 2.81. The average molecular weight is 325 g/mol. The lowest BCUT2D eigenvalue weighted by Gasteiger charge is -2.18. The lowest BCUT2D eigenvalue weighted by Crippen LogP contribution is -2.28. The third kappa shape index (κ3) is 3.94. The molecule has 0 spiro atoms. The summed E-state index contributed by atoms with van der Waals surface area (Å²) in [6.45, 7) is 3.27. The van der Waals surface area contributed by atoms with Gasteiger partial charge >= 0.3 is 0 Å². The van der Waals surface area contributed by atoms with Crippen molar-refractivity contribution in [1.82, 2.24) is 9.80 Å². The van der Waals surface area contributed by atoms with E-state index in [-0.39, 0.29) is 12.2 Å². The van der Waals surface area contributed by atoms with Crippen molar-refractivity contribution in [2.45, 2.75) is 25.0 Å². The number of likely N-dealkylation sites (tertiary alicyclic amines) is 2. The molecule has 0 amide bonds. The Hall–Kier alpha value is 0.400. The van der Waals surface area contributed by atoms with E-state index < -0.39 is 0 Å². The molecule has 0 aromatic heterocycles. The van der Waals surface area contributed by atoms with Gasteiger partial charge in [0.2, 0.25) is 0 Å². The predicted octanol–water partition coefficient (Wildman–Crippen LogP) is 1.51. The molecular weight excluding hydrogens is 308 g/mol. The maximum absolute atomic E-state index is 5.47. The first-order chi connectivity index (χ1) is 8.56. The van der Waals surface area contributed by atoms with Gasteiger partial charge in [0.25, 0.3) is 0 Å². The van der Waals surface area contributed by atoms with E-state index in [1.165, 1.54) is 0 Å². The summed E-state index contributed by atoms with van der Waals surface area (Å²) in [6, 6.07) is 0. The second kappa shape index (κ2) is 6.71. The summed E-state index contributed by atoms with van der Waals surface area (Å²) in [5, 5.41) is 0. The Bertz CT molecular complexity index is 310. The van der Waals surface area contributed by atoms with Crippen LogP contribution in [0.2, 0.25) is 0 Å². The molecule has 4 nitrogen and oxygen atoms in total. The van der Waals surface area contributed by atoms with Crippen LogP contribution in [0.1, 0.15) is 12.8 Å². The Morgan fingerprint density at radius 2 is 1.28 bits per heavy atom. The van der Waals surface area contributed by atoms with Gasteiger partial charge in [0.15, 0.2) is 0 Å². The molecule has 0 aromatic rings. The Morgan fingerprint density at radius 3 is 1.56 bits per heavy atom. The van der Waals surface area contributed by atoms with Gasteiger partial charge in [-0.3, -0.25) is 0 Å². The van der Waals surface area contributed by atoms with Crippen molar-refractivity contribution < 1.29 is 9.78 Å².